The van der Waals surface area contributed by atoms with Crippen LogP contribution in [0.5, 0.6) is 0 Å². The van der Waals surface area contributed by atoms with E-state index in [-0.39, 0.29) is 6.03 Å². The number of pyridine rings is 1. The Morgan fingerprint density at radius 1 is 1.58 bits per heavy atom. The molecule has 1 aromatic rings. The SMILES string of the molecule is NN(C(=O)NI)c1ccncc1. The number of halogens is 1. The van der Waals surface area contributed by atoms with E-state index in [4.69, 9.17) is 5.84 Å². The minimum absolute atomic E-state index is 0.373. The average Bonchev–Trinajstić information content (AvgIpc) is 2.17. The number of hydrogen-bond donors (Lipinski definition) is 2. The molecule has 0 radical (unpaired) electrons. The topological polar surface area (TPSA) is 71.2 Å². The molecule has 1 rings (SSSR count). The number of urea groups is 1. The molecule has 0 aliphatic carbocycles. The molecule has 0 bridgehead atoms. The van der Waals surface area contributed by atoms with Gasteiger partial charge in [-0.1, -0.05) is 0 Å². The third-order valence-electron chi connectivity index (χ3n) is 1.24. The van der Waals surface area contributed by atoms with Crippen molar-refractivity contribution >= 4 is 34.6 Å². The van der Waals surface area contributed by atoms with Crippen LogP contribution in [0.25, 0.3) is 0 Å². The number of nitrogens with one attached hydrogen (secondary N) is 1. The number of carbonyl (C=O) groups is 1. The van der Waals surface area contributed by atoms with E-state index < -0.39 is 0 Å². The molecule has 5 nitrogen and oxygen atoms in total. The maximum atomic E-state index is 11.0. The first-order valence-corrected chi connectivity index (χ1v) is 4.19. The van der Waals surface area contributed by atoms with Crippen molar-refractivity contribution in [1.82, 2.24) is 8.51 Å². The molecule has 1 heterocycles. The summed E-state index contributed by atoms with van der Waals surface area (Å²) in [4.78, 5) is 14.8. The van der Waals surface area contributed by atoms with Crippen LogP contribution in [0.15, 0.2) is 24.5 Å². The van der Waals surface area contributed by atoms with E-state index in [0.29, 0.717) is 5.69 Å². The second-order valence-electron chi connectivity index (χ2n) is 1.98. The highest BCUT2D eigenvalue weighted by molar-refractivity contribution is 14.1. The number of carbonyl (C=O) groups excluding carboxylic acids is 1. The molecule has 0 saturated carbocycles. The Bertz CT molecular complexity index is 266. The molecule has 0 spiro atoms. The summed E-state index contributed by atoms with van der Waals surface area (Å²) >= 11 is 1.72. The van der Waals surface area contributed by atoms with Crippen molar-refractivity contribution in [1.29, 1.82) is 0 Å². The van der Waals surface area contributed by atoms with Crippen molar-refractivity contribution in [2.75, 3.05) is 5.01 Å². The van der Waals surface area contributed by atoms with E-state index in [1.807, 2.05) is 0 Å². The van der Waals surface area contributed by atoms with Gasteiger partial charge in [-0.15, -0.1) is 0 Å². The Hall–Kier alpha value is -0.890. The van der Waals surface area contributed by atoms with Crippen molar-refractivity contribution in [3.8, 4) is 0 Å². The highest BCUT2D eigenvalue weighted by atomic mass is 127. The van der Waals surface area contributed by atoms with Gasteiger partial charge >= 0.3 is 6.03 Å². The molecule has 2 amide bonds. The molecule has 0 saturated heterocycles. The molecular weight excluding hydrogens is 271 g/mol. The van der Waals surface area contributed by atoms with Gasteiger partial charge < -0.3 is 0 Å². The summed E-state index contributed by atoms with van der Waals surface area (Å²) in [6.07, 6.45) is 3.13. The van der Waals surface area contributed by atoms with Crippen LogP contribution in [0.4, 0.5) is 10.5 Å². The van der Waals surface area contributed by atoms with Crippen LogP contribution in [0, 0.1) is 0 Å². The van der Waals surface area contributed by atoms with Gasteiger partial charge in [0.25, 0.3) is 0 Å². The van der Waals surface area contributed by atoms with E-state index >= 15 is 0 Å². The maximum absolute atomic E-state index is 11.0. The molecule has 0 unspecified atom stereocenters. The molecule has 0 aliphatic rings. The zero-order valence-electron chi connectivity index (χ0n) is 6.07. The Kier molecular flexibility index (Phi) is 3.23. The quantitative estimate of drug-likeness (QED) is 0.263. The Morgan fingerprint density at radius 3 is 2.67 bits per heavy atom. The van der Waals surface area contributed by atoms with Crippen molar-refractivity contribution in [3.63, 3.8) is 0 Å². The highest BCUT2D eigenvalue weighted by Crippen LogP contribution is 2.07. The summed E-state index contributed by atoms with van der Waals surface area (Å²) in [5.41, 5.74) is 0.596. The first-order chi connectivity index (χ1) is 5.75. The van der Waals surface area contributed by atoms with Gasteiger partial charge in [-0.05, 0) is 12.1 Å². The van der Waals surface area contributed by atoms with Crippen LogP contribution < -0.4 is 14.4 Å². The number of nitrogens with two attached hydrogens (primary N) is 1. The van der Waals surface area contributed by atoms with Crippen LogP contribution in [-0.4, -0.2) is 11.0 Å². The van der Waals surface area contributed by atoms with Crippen LogP contribution in [0.3, 0.4) is 0 Å². The second-order valence-corrected chi connectivity index (χ2v) is 2.51. The van der Waals surface area contributed by atoms with Crippen molar-refractivity contribution in [2.45, 2.75) is 0 Å². The summed E-state index contributed by atoms with van der Waals surface area (Å²) in [7, 11) is 0. The molecule has 0 atom stereocenters. The van der Waals surface area contributed by atoms with E-state index in [2.05, 4.69) is 8.51 Å². The minimum Gasteiger partial charge on any atom is -0.279 e. The number of anilines is 1. The molecule has 0 aliphatic heterocycles. The second kappa shape index (κ2) is 4.21. The van der Waals surface area contributed by atoms with Gasteiger partial charge in [-0.2, -0.15) is 0 Å². The zero-order valence-corrected chi connectivity index (χ0v) is 8.22. The van der Waals surface area contributed by atoms with Crippen LogP contribution in [-0.2, 0) is 0 Å². The predicted molar refractivity (Wildman–Crippen MR) is 53.5 cm³/mol. The van der Waals surface area contributed by atoms with Gasteiger partial charge in [0, 0.05) is 12.4 Å². The van der Waals surface area contributed by atoms with Gasteiger partial charge in [-0.25, -0.2) is 15.6 Å². The third-order valence-corrected chi connectivity index (χ3v) is 1.70. The molecule has 12 heavy (non-hydrogen) atoms. The summed E-state index contributed by atoms with van der Waals surface area (Å²) < 4.78 is 2.37. The summed E-state index contributed by atoms with van der Waals surface area (Å²) in [5.74, 6) is 5.44. The normalized spacial score (nSPS) is 9.17. The minimum atomic E-state index is -0.373. The molecule has 0 fully saturated rings. The lowest BCUT2D eigenvalue weighted by Crippen LogP contribution is -2.41. The van der Waals surface area contributed by atoms with Crippen LogP contribution >= 0.6 is 22.9 Å². The Morgan fingerprint density at radius 2 is 2.17 bits per heavy atom. The molecule has 64 valence electrons. The predicted octanol–water partition coefficient (Wildman–Crippen LogP) is 0.821. The van der Waals surface area contributed by atoms with E-state index in [1.54, 1.807) is 47.4 Å². The Balaban J connectivity index is 2.78. The fourth-order valence-corrected chi connectivity index (χ4v) is 0.927. The lowest BCUT2D eigenvalue weighted by molar-refractivity contribution is 0.252. The number of aromatic nitrogens is 1. The van der Waals surface area contributed by atoms with Crippen molar-refractivity contribution < 1.29 is 4.79 Å². The van der Waals surface area contributed by atoms with Crippen LogP contribution in [0.2, 0.25) is 0 Å². The Labute approximate surface area is 83.4 Å². The molecule has 6 heteroatoms. The zero-order chi connectivity index (χ0) is 8.97. The van der Waals surface area contributed by atoms with Crippen molar-refractivity contribution in [3.05, 3.63) is 24.5 Å². The van der Waals surface area contributed by atoms with Gasteiger partial charge in [-0.3, -0.25) is 8.51 Å². The number of nitrogens with zero attached hydrogens (tertiary/aromatic N) is 2. The number of amides is 2. The van der Waals surface area contributed by atoms with Gasteiger partial charge in [0.15, 0.2) is 0 Å². The summed E-state index contributed by atoms with van der Waals surface area (Å²) in [5, 5.41) is 1.01. The number of hydrazine groups is 1. The number of rotatable bonds is 1. The van der Waals surface area contributed by atoms with Gasteiger partial charge in [0.05, 0.1) is 28.6 Å². The monoisotopic (exact) mass is 278 g/mol. The maximum Gasteiger partial charge on any atom is 0.345 e. The fraction of sp³-hybridized carbons (Fsp3) is 0. The lowest BCUT2D eigenvalue weighted by atomic mass is 10.4. The number of hydrogen-bond acceptors (Lipinski definition) is 3. The largest absolute Gasteiger partial charge is 0.345 e. The van der Waals surface area contributed by atoms with Crippen molar-refractivity contribution in [2.24, 2.45) is 5.84 Å². The lowest BCUT2D eigenvalue weighted by Gasteiger charge is -2.14. The fourth-order valence-electron chi connectivity index (χ4n) is 0.667. The molecule has 3 N–H and O–H groups in total. The van der Waals surface area contributed by atoms with E-state index in [1.165, 1.54) is 0 Å². The van der Waals surface area contributed by atoms with Crippen LogP contribution in [0.1, 0.15) is 0 Å². The summed E-state index contributed by atoms with van der Waals surface area (Å²) in [6.45, 7) is 0. The van der Waals surface area contributed by atoms with E-state index in [9.17, 15) is 4.79 Å². The summed E-state index contributed by atoms with van der Waals surface area (Å²) in [6, 6.07) is 2.92. The molecule has 0 aromatic carbocycles. The van der Waals surface area contributed by atoms with E-state index in [0.717, 1.165) is 5.01 Å². The first-order valence-electron chi connectivity index (χ1n) is 3.11. The smallest absolute Gasteiger partial charge is 0.279 e. The first kappa shape index (κ1) is 9.20. The van der Waals surface area contributed by atoms with Gasteiger partial charge in [0.2, 0.25) is 0 Å². The average molecular weight is 278 g/mol. The third kappa shape index (κ3) is 2.05. The highest BCUT2D eigenvalue weighted by Gasteiger charge is 2.08. The van der Waals surface area contributed by atoms with Gasteiger partial charge in [0.1, 0.15) is 0 Å². The standard InChI is InChI=1S/C6H7IN4O/c7-10-6(12)11(8)5-1-3-9-4-2-5/h1-4H,8H2,(H,10,12). The molecule has 1 aromatic heterocycles. The molecular formula is C6H7IN4O.